The van der Waals surface area contributed by atoms with E-state index in [9.17, 15) is 4.79 Å². The smallest absolute Gasteiger partial charge is 0.176 e. The normalized spacial score (nSPS) is 12.5. The number of carbonyl (C=O) groups is 1. The lowest BCUT2D eigenvalue weighted by Gasteiger charge is -2.26. The molecular formula is C15H22ClNO2. The fourth-order valence-corrected chi connectivity index (χ4v) is 2.21. The highest BCUT2D eigenvalue weighted by atomic mass is 35.5. The third-order valence-electron chi connectivity index (χ3n) is 3.44. The summed E-state index contributed by atoms with van der Waals surface area (Å²) in [5, 5.41) is 0.472. The molecule has 1 aromatic rings. The van der Waals surface area contributed by atoms with Crippen molar-refractivity contribution in [2.45, 2.75) is 33.2 Å². The molecule has 1 atom stereocenters. The molecule has 0 N–H and O–H groups in total. The van der Waals surface area contributed by atoms with E-state index in [4.69, 9.17) is 16.3 Å². The zero-order valence-corrected chi connectivity index (χ0v) is 12.8. The molecule has 0 aromatic heterocycles. The largest absolute Gasteiger partial charge is 0.495 e. The molecule has 0 bridgehead atoms. The van der Waals surface area contributed by atoms with E-state index < -0.39 is 0 Å². The van der Waals surface area contributed by atoms with Gasteiger partial charge >= 0.3 is 0 Å². The summed E-state index contributed by atoms with van der Waals surface area (Å²) >= 11 is 6.04. The second kappa shape index (κ2) is 7.51. The minimum atomic E-state index is 0.0895. The van der Waals surface area contributed by atoms with Crippen LogP contribution in [0.5, 0.6) is 5.75 Å². The van der Waals surface area contributed by atoms with Crippen LogP contribution in [-0.2, 0) is 0 Å². The van der Waals surface area contributed by atoms with Gasteiger partial charge in [0.05, 0.1) is 18.7 Å². The molecule has 0 saturated heterocycles. The first-order valence-electron chi connectivity index (χ1n) is 6.64. The molecule has 1 aromatic carbocycles. The summed E-state index contributed by atoms with van der Waals surface area (Å²) in [4.78, 5) is 14.4. The van der Waals surface area contributed by atoms with Gasteiger partial charge in [0.25, 0.3) is 0 Å². The standard InChI is InChI=1S/C15H22ClNO2/c1-5-11(3)17(6-2)10-14(18)12-7-8-15(19-4)13(16)9-12/h7-9,11H,5-6,10H2,1-4H3. The van der Waals surface area contributed by atoms with Crippen LogP contribution in [0.2, 0.25) is 5.02 Å². The maximum Gasteiger partial charge on any atom is 0.176 e. The molecule has 0 radical (unpaired) electrons. The summed E-state index contributed by atoms with van der Waals surface area (Å²) in [6, 6.07) is 5.57. The first kappa shape index (κ1) is 16.0. The molecule has 106 valence electrons. The maximum atomic E-state index is 12.2. The van der Waals surface area contributed by atoms with E-state index in [2.05, 4.69) is 25.7 Å². The molecule has 1 rings (SSSR count). The summed E-state index contributed by atoms with van der Waals surface area (Å²) in [6.45, 7) is 7.62. The van der Waals surface area contributed by atoms with Crippen LogP contribution in [0.15, 0.2) is 18.2 Å². The van der Waals surface area contributed by atoms with Crippen molar-refractivity contribution in [1.82, 2.24) is 4.90 Å². The van der Waals surface area contributed by atoms with Gasteiger partial charge in [0.2, 0.25) is 0 Å². The molecule has 19 heavy (non-hydrogen) atoms. The van der Waals surface area contributed by atoms with E-state index in [0.29, 0.717) is 28.9 Å². The van der Waals surface area contributed by atoms with Crippen molar-refractivity contribution < 1.29 is 9.53 Å². The third-order valence-corrected chi connectivity index (χ3v) is 3.74. The van der Waals surface area contributed by atoms with E-state index >= 15 is 0 Å². The topological polar surface area (TPSA) is 29.5 Å². The van der Waals surface area contributed by atoms with Crippen LogP contribution in [0.1, 0.15) is 37.6 Å². The van der Waals surface area contributed by atoms with E-state index in [1.807, 2.05) is 0 Å². The van der Waals surface area contributed by atoms with Crippen molar-refractivity contribution >= 4 is 17.4 Å². The number of methoxy groups -OCH3 is 1. The lowest BCUT2D eigenvalue weighted by molar-refractivity contribution is 0.0902. The monoisotopic (exact) mass is 283 g/mol. The van der Waals surface area contributed by atoms with Gasteiger partial charge < -0.3 is 4.74 Å². The fraction of sp³-hybridized carbons (Fsp3) is 0.533. The van der Waals surface area contributed by atoms with Crippen LogP contribution < -0.4 is 4.74 Å². The van der Waals surface area contributed by atoms with Crippen molar-refractivity contribution in [2.75, 3.05) is 20.2 Å². The molecule has 0 aliphatic carbocycles. The average Bonchev–Trinajstić information content (AvgIpc) is 2.43. The van der Waals surface area contributed by atoms with Crippen molar-refractivity contribution in [2.24, 2.45) is 0 Å². The van der Waals surface area contributed by atoms with Gasteiger partial charge in [-0.3, -0.25) is 9.69 Å². The Morgan fingerprint density at radius 3 is 2.58 bits per heavy atom. The molecule has 1 unspecified atom stereocenters. The van der Waals surface area contributed by atoms with E-state index in [1.54, 1.807) is 25.3 Å². The Morgan fingerprint density at radius 2 is 2.11 bits per heavy atom. The Morgan fingerprint density at radius 1 is 1.42 bits per heavy atom. The van der Waals surface area contributed by atoms with Gasteiger partial charge in [0.1, 0.15) is 5.75 Å². The van der Waals surface area contributed by atoms with Gasteiger partial charge in [-0.1, -0.05) is 25.4 Å². The first-order chi connectivity index (χ1) is 9.03. The minimum absolute atomic E-state index is 0.0895. The Balaban J connectivity index is 2.80. The number of Topliss-reactive ketones (excluding diaryl/α,β-unsaturated/α-hetero) is 1. The van der Waals surface area contributed by atoms with Crippen LogP contribution in [0, 0.1) is 0 Å². The van der Waals surface area contributed by atoms with Crippen LogP contribution >= 0.6 is 11.6 Å². The van der Waals surface area contributed by atoms with E-state index in [0.717, 1.165) is 13.0 Å². The second-order valence-electron chi connectivity index (χ2n) is 4.59. The van der Waals surface area contributed by atoms with Crippen LogP contribution in [0.4, 0.5) is 0 Å². The quantitative estimate of drug-likeness (QED) is 0.716. The van der Waals surface area contributed by atoms with E-state index in [-0.39, 0.29) is 5.78 Å². The minimum Gasteiger partial charge on any atom is -0.495 e. The highest BCUT2D eigenvalue weighted by Gasteiger charge is 2.16. The molecule has 0 saturated carbocycles. The van der Waals surface area contributed by atoms with E-state index in [1.165, 1.54) is 0 Å². The molecular weight excluding hydrogens is 262 g/mol. The average molecular weight is 284 g/mol. The van der Waals surface area contributed by atoms with Crippen LogP contribution in [-0.4, -0.2) is 36.9 Å². The number of rotatable bonds is 7. The molecule has 3 nitrogen and oxygen atoms in total. The van der Waals surface area contributed by atoms with Crippen molar-refractivity contribution in [3.05, 3.63) is 28.8 Å². The summed E-state index contributed by atoms with van der Waals surface area (Å²) in [5.41, 5.74) is 0.632. The number of likely N-dealkylation sites (N-methyl/N-ethyl adjacent to an activating group) is 1. The summed E-state index contributed by atoms with van der Waals surface area (Å²) in [6.07, 6.45) is 1.03. The van der Waals surface area contributed by atoms with Gasteiger partial charge in [-0.05, 0) is 38.1 Å². The molecule has 0 aliphatic heterocycles. The number of ketones is 1. The van der Waals surface area contributed by atoms with Crippen molar-refractivity contribution in [3.8, 4) is 5.75 Å². The predicted octanol–water partition coefficient (Wildman–Crippen LogP) is 3.65. The first-order valence-corrected chi connectivity index (χ1v) is 7.02. The van der Waals surface area contributed by atoms with Gasteiger partial charge in [0, 0.05) is 11.6 Å². The lowest BCUT2D eigenvalue weighted by atomic mass is 10.1. The van der Waals surface area contributed by atoms with Gasteiger partial charge in [-0.25, -0.2) is 0 Å². The highest BCUT2D eigenvalue weighted by Crippen LogP contribution is 2.25. The SMILES string of the molecule is CCC(C)N(CC)CC(=O)c1ccc(OC)c(Cl)c1. The number of nitrogens with zero attached hydrogens (tertiary/aromatic N) is 1. The molecule has 0 fully saturated rings. The Labute approximate surface area is 120 Å². The van der Waals surface area contributed by atoms with Crippen LogP contribution in [0.3, 0.4) is 0 Å². The van der Waals surface area contributed by atoms with Gasteiger partial charge in [-0.2, -0.15) is 0 Å². The number of hydrogen-bond acceptors (Lipinski definition) is 3. The van der Waals surface area contributed by atoms with Crippen LogP contribution in [0.25, 0.3) is 0 Å². The highest BCUT2D eigenvalue weighted by molar-refractivity contribution is 6.32. The Hall–Kier alpha value is -1.06. The zero-order chi connectivity index (χ0) is 14.4. The number of hydrogen-bond donors (Lipinski definition) is 0. The predicted molar refractivity (Wildman–Crippen MR) is 79.3 cm³/mol. The molecule has 0 spiro atoms. The molecule has 0 amide bonds. The number of ether oxygens (including phenoxy) is 1. The Kier molecular flexibility index (Phi) is 6.32. The fourth-order valence-electron chi connectivity index (χ4n) is 1.95. The van der Waals surface area contributed by atoms with Gasteiger partial charge in [-0.15, -0.1) is 0 Å². The molecule has 0 aliphatic rings. The van der Waals surface area contributed by atoms with Crippen molar-refractivity contribution in [3.63, 3.8) is 0 Å². The number of carbonyl (C=O) groups excluding carboxylic acids is 1. The summed E-state index contributed by atoms with van der Waals surface area (Å²) < 4.78 is 5.08. The number of halogens is 1. The molecule has 4 heteroatoms. The number of benzene rings is 1. The van der Waals surface area contributed by atoms with Gasteiger partial charge in [0.15, 0.2) is 5.78 Å². The summed E-state index contributed by atoms with van der Waals surface area (Å²) in [7, 11) is 1.56. The Bertz CT molecular complexity index is 434. The third kappa shape index (κ3) is 4.22. The lowest BCUT2D eigenvalue weighted by Crippen LogP contribution is -2.36. The van der Waals surface area contributed by atoms with Crippen molar-refractivity contribution in [1.29, 1.82) is 0 Å². The summed E-state index contributed by atoms with van der Waals surface area (Å²) in [5.74, 6) is 0.680. The maximum absolute atomic E-state index is 12.2. The zero-order valence-electron chi connectivity index (χ0n) is 12.1. The second-order valence-corrected chi connectivity index (χ2v) is 5.00. The molecule has 0 heterocycles.